The van der Waals surface area contributed by atoms with Crippen molar-refractivity contribution < 1.29 is 31.9 Å². The number of esters is 1. The molecule has 0 fully saturated rings. The van der Waals surface area contributed by atoms with Crippen LogP contribution in [0.3, 0.4) is 0 Å². The summed E-state index contributed by atoms with van der Waals surface area (Å²) in [4.78, 5) is 24.1. The van der Waals surface area contributed by atoms with Gasteiger partial charge in [0, 0.05) is 6.42 Å². The lowest BCUT2D eigenvalue weighted by Gasteiger charge is -2.17. The minimum atomic E-state index is -4.52. The van der Waals surface area contributed by atoms with E-state index < -0.39 is 35.5 Å². The number of carbonyl (C=O) groups is 2. The maximum Gasteiger partial charge on any atom is 0.416 e. The van der Waals surface area contributed by atoms with Gasteiger partial charge in [-0.05, 0) is 29.3 Å². The summed E-state index contributed by atoms with van der Waals surface area (Å²) in [6.07, 6.45) is -4.88. The Hall–Kier alpha value is -2.90. The molecule has 0 saturated carbocycles. The molecule has 27 heavy (non-hydrogen) atoms. The molecule has 0 unspecified atom stereocenters. The van der Waals surface area contributed by atoms with Crippen LogP contribution >= 0.6 is 0 Å². The van der Waals surface area contributed by atoms with Crippen molar-refractivity contribution in [3.8, 4) is 0 Å². The molecule has 8 heteroatoms. The van der Waals surface area contributed by atoms with Crippen LogP contribution in [-0.2, 0) is 33.3 Å². The first-order valence-electron chi connectivity index (χ1n) is 7.97. The Bertz CT molecular complexity index is 821. The molecule has 2 aromatic carbocycles. The van der Waals surface area contributed by atoms with E-state index in [1.165, 1.54) is 30.3 Å². The third-order valence-electron chi connectivity index (χ3n) is 3.77. The molecule has 0 radical (unpaired) electrons. The number of halogens is 4. The van der Waals surface area contributed by atoms with Gasteiger partial charge in [-0.2, -0.15) is 13.2 Å². The van der Waals surface area contributed by atoms with Gasteiger partial charge in [0.15, 0.2) is 0 Å². The van der Waals surface area contributed by atoms with Gasteiger partial charge < -0.3 is 10.1 Å². The summed E-state index contributed by atoms with van der Waals surface area (Å²) in [7, 11) is 1.11. The van der Waals surface area contributed by atoms with Gasteiger partial charge in [0.25, 0.3) is 0 Å². The first kappa shape index (κ1) is 20.4. The van der Waals surface area contributed by atoms with Crippen molar-refractivity contribution in [1.29, 1.82) is 0 Å². The van der Waals surface area contributed by atoms with Crippen molar-refractivity contribution in [2.24, 2.45) is 0 Å². The van der Waals surface area contributed by atoms with Crippen molar-refractivity contribution in [2.75, 3.05) is 7.11 Å². The molecule has 1 N–H and O–H groups in total. The highest BCUT2D eigenvalue weighted by molar-refractivity contribution is 5.85. The Morgan fingerprint density at radius 3 is 2.37 bits per heavy atom. The van der Waals surface area contributed by atoms with E-state index in [1.54, 1.807) is 6.07 Å². The van der Waals surface area contributed by atoms with E-state index in [9.17, 15) is 27.2 Å². The van der Waals surface area contributed by atoms with Crippen LogP contribution in [0.5, 0.6) is 0 Å². The molecule has 0 saturated heterocycles. The molecule has 0 aliphatic carbocycles. The Labute approximate surface area is 153 Å². The maximum absolute atomic E-state index is 13.2. The molecule has 0 aliphatic heterocycles. The number of rotatable bonds is 6. The number of amides is 1. The smallest absolute Gasteiger partial charge is 0.416 e. The van der Waals surface area contributed by atoms with Gasteiger partial charge in [0.1, 0.15) is 11.9 Å². The Balaban J connectivity index is 2.11. The summed E-state index contributed by atoms with van der Waals surface area (Å²) >= 11 is 0. The third kappa shape index (κ3) is 6.09. The second-order valence-electron chi connectivity index (χ2n) is 5.85. The molecule has 0 heterocycles. The molecule has 0 aliphatic rings. The zero-order valence-corrected chi connectivity index (χ0v) is 14.3. The zero-order chi connectivity index (χ0) is 20.0. The fourth-order valence-electron chi connectivity index (χ4n) is 2.52. The third-order valence-corrected chi connectivity index (χ3v) is 3.77. The van der Waals surface area contributed by atoms with Crippen molar-refractivity contribution in [3.05, 3.63) is 71.0 Å². The van der Waals surface area contributed by atoms with E-state index in [0.29, 0.717) is 5.56 Å². The highest BCUT2D eigenvalue weighted by Crippen LogP contribution is 2.29. The Morgan fingerprint density at radius 1 is 1.07 bits per heavy atom. The van der Waals surface area contributed by atoms with E-state index in [2.05, 4.69) is 10.1 Å². The SMILES string of the molecule is COC(=O)[C@H](Cc1cccc(C(F)(F)F)c1)NC(=O)Cc1cccc(F)c1. The molecule has 0 aromatic heterocycles. The lowest BCUT2D eigenvalue weighted by molar-refractivity contribution is -0.145. The number of hydrogen-bond donors (Lipinski definition) is 1. The van der Waals surface area contributed by atoms with Crippen LogP contribution in [0.1, 0.15) is 16.7 Å². The molecule has 2 aromatic rings. The zero-order valence-electron chi connectivity index (χ0n) is 14.3. The minimum Gasteiger partial charge on any atom is -0.467 e. The highest BCUT2D eigenvalue weighted by atomic mass is 19.4. The standard InChI is InChI=1S/C19H17F4NO3/c1-27-18(26)16(10-12-4-2-6-14(8-12)19(21,22)23)24-17(25)11-13-5-3-7-15(20)9-13/h2-9,16H,10-11H2,1H3,(H,24,25)/t16-/m0/s1. The summed E-state index contributed by atoms with van der Waals surface area (Å²) in [6, 6.07) is 8.70. The fourth-order valence-corrected chi connectivity index (χ4v) is 2.52. The quantitative estimate of drug-likeness (QED) is 0.615. The normalized spacial score (nSPS) is 12.3. The van der Waals surface area contributed by atoms with Crippen LogP contribution in [0.4, 0.5) is 17.6 Å². The van der Waals surface area contributed by atoms with E-state index in [1.807, 2.05) is 0 Å². The summed E-state index contributed by atoms with van der Waals surface area (Å²) in [5.74, 6) is -1.88. The van der Waals surface area contributed by atoms with Gasteiger partial charge in [0.2, 0.25) is 5.91 Å². The van der Waals surface area contributed by atoms with Gasteiger partial charge in [-0.25, -0.2) is 9.18 Å². The lowest BCUT2D eigenvalue weighted by Crippen LogP contribution is -2.43. The molecule has 4 nitrogen and oxygen atoms in total. The lowest BCUT2D eigenvalue weighted by atomic mass is 10.0. The van der Waals surface area contributed by atoms with Crippen molar-refractivity contribution in [3.63, 3.8) is 0 Å². The van der Waals surface area contributed by atoms with Crippen LogP contribution in [-0.4, -0.2) is 25.0 Å². The van der Waals surface area contributed by atoms with Crippen molar-refractivity contribution in [1.82, 2.24) is 5.32 Å². The number of hydrogen-bond acceptors (Lipinski definition) is 3. The maximum atomic E-state index is 13.2. The summed E-state index contributed by atoms with van der Waals surface area (Å²) in [6.45, 7) is 0. The minimum absolute atomic E-state index is 0.175. The first-order valence-corrected chi connectivity index (χ1v) is 7.97. The Kier molecular flexibility index (Phi) is 6.55. The summed E-state index contributed by atoms with van der Waals surface area (Å²) in [5, 5.41) is 2.43. The molecule has 144 valence electrons. The number of ether oxygens (including phenoxy) is 1. The molecular formula is C19H17F4NO3. The van der Waals surface area contributed by atoms with E-state index in [-0.39, 0.29) is 18.4 Å². The van der Waals surface area contributed by atoms with Gasteiger partial charge in [-0.3, -0.25) is 4.79 Å². The molecule has 0 spiro atoms. The van der Waals surface area contributed by atoms with Crippen LogP contribution in [0.15, 0.2) is 48.5 Å². The molecule has 1 atom stereocenters. The number of methoxy groups -OCH3 is 1. The van der Waals surface area contributed by atoms with Crippen LogP contribution in [0.2, 0.25) is 0 Å². The second kappa shape index (κ2) is 8.66. The number of alkyl halides is 3. The average Bonchev–Trinajstić information content (AvgIpc) is 2.60. The van der Waals surface area contributed by atoms with Gasteiger partial charge in [-0.15, -0.1) is 0 Å². The number of carbonyl (C=O) groups excluding carboxylic acids is 2. The first-order chi connectivity index (χ1) is 12.7. The number of benzene rings is 2. The summed E-state index contributed by atoms with van der Waals surface area (Å²) in [5.41, 5.74) is -0.240. The van der Waals surface area contributed by atoms with Crippen LogP contribution in [0.25, 0.3) is 0 Å². The predicted molar refractivity (Wildman–Crippen MR) is 89.2 cm³/mol. The number of nitrogens with one attached hydrogen (secondary N) is 1. The molecular weight excluding hydrogens is 366 g/mol. The van der Waals surface area contributed by atoms with Crippen LogP contribution < -0.4 is 5.32 Å². The largest absolute Gasteiger partial charge is 0.467 e. The molecule has 2 rings (SSSR count). The predicted octanol–water partition coefficient (Wildman–Crippen LogP) is 3.29. The van der Waals surface area contributed by atoms with E-state index >= 15 is 0 Å². The molecule has 1 amide bonds. The van der Waals surface area contributed by atoms with E-state index in [0.717, 1.165) is 19.2 Å². The Morgan fingerprint density at radius 2 is 1.74 bits per heavy atom. The van der Waals surface area contributed by atoms with Gasteiger partial charge in [0.05, 0.1) is 19.1 Å². The fraction of sp³-hybridized carbons (Fsp3) is 0.263. The summed E-state index contributed by atoms with van der Waals surface area (Å²) < 4.78 is 56.3. The van der Waals surface area contributed by atoms with Gasteiger partial charge >= 0.3 is 12.1 Å². The van der Waals surface area contributed by atoms with Crippen molar-refractivity contribution >= 4 is 11.9 Å². The topological polar surface area (TPSA) is 55.4 Å². The van der Waals surface area contributed by atoms with E-state index in [4.69, 9.17) is 0 Å². The molecule has 0 bridgehead atoms. The monoisotopic (exact) mass is 383 g/mol. The average molecular weight is 383 g/mol. The van der Waals surface area contributed by atoms with Crippen molar-refractivity contribution in [2.45, 2.75) is 25.1 Å². The highest BCUT2D eigenvalue weighted by Gasteiger charge is 2.31. The van der Waals surface area contributed by atoms with Crippen LogP contribution in [0, 0.1) is 5.82 Å². The second-order valence-corrected chi connectivity index (χ2v) is 5.85. The van der Waals surface area contributed by atoms with Gasteiger partial charge in [-0.1, -0.05) is 30.3 Å².